The van der Waals surface area contributed by atoms with Gasteiger partial charge in [-0.1, -0.05) is 30.3 Å². The van der Waals surface area contributed by atoms with Crippen LogP contribution in [-0.4, -0.2) is 55.4 Å². The smallest absolute Gasteiger partial charge is 0.122 e. The summed E-state index contributed by atoms with van der Waals surface area (Å²) in [6, 6.07) is 16.7. The van der Waals surface area contributed by atoms with E-state index in [1.165, 1.54) is 11.3 Å². The molecule has 25 heavy (non-hydrogen) atoms. The van der Waals surface area contributed by atoms with E-state index < -0.39 is 6.10 Å². The number of para-hydroxylation sites is 1. The van der Waals surface area contributed by atoms with Crippen molar-refractivity contribution in [3.8, 4) is 5.75 Å². The fourth-order valence-corrected chi connectivity index (χ4v) is 3.23. The Morgan fingerprint density at radius 2 is 1.72 bits per heavy atom. The molecule has 0 aromatic heterocycles. The molecule has 1 aliphatic heterocycles. The van der Waals surface area contributed by atoms with E-state index in [1.807, 2.05) is 19.1 Å². The number of hydrogen-bond donors (Lipinski definition) is 1. The summed E-state index contributed by atoms with van der Waals surface area (Å²) in [6.45, 7) is 9.00. The molecule has 2 aromatic carbocycles. The van der Waals surface area contributed by atoms with Crippen molar-refractivity contribution < 1.29 is 9.84 Å². The first-order valence-corrected chi connectivity index (χ1v) is 9.02. The summed E-state index contributed by atoms with van der Waals surface area (Å²) < 4.78 is 5.82. The van der Waals surface area contributed by atoms with Crippen LogP contribution < -0.4 is 9.64 Å². The zero-order valence-electron chi connectivity index (χ0n) is 15.2. The van der Waals surface area contributed by atoms with Gasteiger partial charge in [0.15, 0.2) is 0 Å². The summed E-state index contributed by atoms with van der Waals surface area (Å²) in [6.07, 6.45) is -0.469. The molecular weight excluding hydrogens is 312 g/mol. The number of benzene rings is 2. The molecule has 1 fully saturated rings. The Kier molecular flexibility index (Phi) is 5.95. The zero-order chi connectivity index (χ0) is 17.6. The van der Waals surface area contributed by atoms with Crippen LogP contribution in [0.1, 0.15) is 11.1 Å². The number of aliphatic hydroxyl groups excluding tert-OH is 1. The van der Waals surface area contributed by atoms with Gasteiger partial charge in [0.1, 0.15) is 18.5 Å². The van der Waals surface area contributed by atoms with Crippen LogP contribution in [0.5, 0.6) is 5.75 Å². The quantitative estimate of drug-likeness (QED) is 0.877. The van der Waals surface area contributed by atoms with Gasteiger partial charge >= 0.3 is 0 Å². The number of anilines is 1. The summed E-state index contributed by atoms with van der Waals surface area (Å²) in [4.78, 5) is 4.71. The monoisotopic (exact) mass is 340 g/mol. The van der Waals surface area contributed by atoms with Gasteiger partial charge in [-0.15, -0.1) is 0 Å². The van der Waals surface area contributed by atoms with E-state index in [2.05, 4.69) is 53.1 Å². The minimum Gasteiger partial charge on any atom is -0.491 e. The highest BCUT2D eigenvalue weighted by Crippen LogP contribution is 2.19. The third-order valence-corrected chi connectivity index (χ3v) is 4.74. The van der Waals surface area contributed by atoms with Gasteiger partial charge in [0.05, 0.1) is 0 Å². The number of ether oxygens (including phenoxy) is 1. The van der Waals surface area contributed by atoms with Crippen LogP contribution in [0.2, 0.25) is 0 Å². The molecule has 1 atom stereocenters. The molecular formula is C21H28N2O2. The third kappa shape index (κ3) is 4.97. The number of piperazine rings is 1. The van der Waals surface area contributed by atoms with E-state index in [0.717, 1.165) is 37.5 Å². The van der Waals surface area contributed by atoms with E-state index in [1.54, 1.807) is 0 Å². The van der Waals surface area contributed by atoms with E-state index in [0.29, 0.717) is 13.2 Å². The first kappa shape index (κ1) is 17.8. The number of hydrogen-bond acceptors (Lipinski definition) is 4. The SMILES string of the molecule is Cc1ccc(C)c(OC[C@@H](O)CN2CCN(c3ccccc3)CC2)c1. The average Bonchev–Trinajstić information content (AvgIpc) is 2.64. The first-order valence-electron chi connectivity index (χ1n) is 9.02. The molecule has 0 saturated carbocycles. The Morgan fingerprint density at radius 1 is 1.00 bits per heavy atom. The van der Waals surface area contributed by atoms with Crippen molar-refractivity contribution in [2.45, 2.75) is 20.0 Å². The summed E-state index contributed by atoms with van der Waals surface area (Å²) in [5.41, 5.74) is 3.56. The molecule has 4 heteroatoms. The lowest BCUT2D eigenvalue weighted by atomic mass is 10.1. The van der Waals surface area contributed by atoms with Gasteiger partial charge < -0.3 is 14.7 Å². The van der Waals surface area contributed by atoms with Crippen molar-refractivity contribution in [1.82, 2.24) is 4.90 Å². The fourth-order valence-electron chi connectivity index (χ4n) is 3.23. The minimum absolute atomic E-state index is 0.337. The van der Waals surface area contributed by atoms with Crippen molar-refractivity contribution in [3.63, 3.8) is 0 Å². The van der Waals surface area contributed by atoms with Gasteiger partial charge in [-0.25, -0.2) is 0 Å². The molecule has 0 amide bonds. The molecule has 0 bridgehead atoms. The topological polar surface area (TPSA) is 35.9 Å². The van der Waals surface area contributed by atoms with Crippen LogP contribution in [0.4, 0.5) is 5.69 Å². The van der Waals surface area contributed by atoms with E-state index in [-0.39, 0.29) is 0 Å². The number of β-amino-alcohol motifs (C(OH)–C–C–N with tert-alkyl or cyclic N) is 1. The van der Waals surface area contributed by atoms with Crippen molar-refractivity contribution in [1.29, 1.82) is 0 Å². The van der Waals surface area contributed by atoms with Gasteiger partial charge in [-0.3, -0.25) is 4.90 Å². The van der Waals surface area contributed by atoms with Crippen molar-refractivity contribution in [3.05, 3.63) is 59.7 Å². The Morgan fingerprint density at radius 3 is 2.44 bits per heavy atom. The largest absolute Gasteiger partial charge is 0.491 e. The van der Waals surface area contributed by atoms with Gasteiger partial charge in [0, 0.05) is 38.4 Å². The second-order valence-corrected chi connectivity index (χ2v) is 6.86. The van der Waals surface area contributed by atoms with Crippen molar-refractivity contribution in [2.75, 3.05) is 44.2 Å². The molecule has 1 saturated heterocycles. The highest BCUT2D eigenvalue weighted by atomic mass is 16.5. The molecule has 1 heterocycles. The maximum atomic E-state index is 10.3. The molecule has 0 unspecified atom stereocenters. The van der Waals surface area contributed by atoms with E-state index >= 15 is 0 Å². The minimum atomic E-state index is -0.469. The lowest BCUT2D eigenvalue weighted by Crippen LogP contribution is -2.49. The maximum Gasteiger partial charge on any atom is 0.122 e. The Labute approximate surface area is 150 Å². The standard InChI is InChI=1S/C21H28N2O2/c1-17-8-9-18(2)21(14-17)25-16-20(24)15-22-10-12-23(13-11-22)19-6-4-3-5-7-19/h3-9,14,20,24H,10-13,15-16H2,1-2H3/t20-/m0/s1. The molecule has 2 aromatic rings. The van der Waals surface area contributed by atoms with Crippen molar-refractivity contribution >= 4 is 5.69 Å². The summed E-state index contributed by atoms with van der Waals surface area (Å²) in [5.74, 6) is 0.868. The molecule has 1 aliphatic rings. The molecule has 0 aliphatic carbocycles. The van der Waals surface area contributed by atoms with Crippen molar-refractivity contribution in [2.24, 2.45) is 0 Å². The first-order chi connectivity index (χ1) is 12.1. The van der Waals surface area contributed by atoms with E-state index in [4.69, 9.17) is 4.74 Å². The Balaban J connectivity index is 1.43. The Hall–Kier alpha value is -2.04. The number of rotatable bonds is 6. The predicted octanol–water partition coefficient (Wildman–Crippen LogP) is 2.87. The van der Waals surface area contributed by atoms with Crippen LogP contribution >= 0.6 is 0 Å². The Bertz CT molecular complexity index is 667. The highest BCUT2D eigenvalue weighted by molar-refractivity contribution is 5.46. The molecule has 0 radical (unpaired) electrons. The molecule has 3 rings (SSSR count). The molecule has 134 valence electrons. The average molecular weight is 340 g/mol. The number of aryl methyl sites for hydroxylation is 2. The second-order valence-electron chi connectivity index (χ2n) is 6.86. The van der Waals surface area contributed by atoms with Crippen LogP contribution in [0, 0.1) is 13.8 Å². The lowest BCUT2D eigenvalue weighted by molar-refractivity contribution is 0.0660. The van der Waals surface area contributed by atoms with Gasteiger partial charge in [-0.05, 0) is 43.2 Å². The maximum absolute atomic E-state index is 10.3. The van der Waals surface area contributed by atoms with Gasteiger partial charge in [0.2, 0.25) is 0 Å². The third-order valence-electron chi connectivity index (χ3n) is 4.74. The van der Waals surface area contributed by atoms with Gasteiger partial charge in [0.25, 0.3) is 0 Å². The molecule has 0 spiro atoms. The van der Waals surface area contributed by atoms with Crippen LogP contribution in [0.3, 0.4) is 0 Å². The normalized spacial score (nSPS) is 16.7. The summed E-state index contributed by atoms with van der Waals surface area (Å²) in [5, 5.41) is 10.3. The zero-order valence-corrected chi connectivity index (χ0v) is 15.2. The van der Waals surface area contributed by atoms with Crippen LogP contribution in [0.15, 0.2) is 48.5 Å². The highest BCUT2D eigenvalue weighted by Gasteiger charge is 2.19. The van der Waals surface area contributed by atoms with Crippen LogP contribution in [-0.2, 0) is 0 Å². The van der Waals surface area contributed by atoms with Gasteiger partial charge in [-0.2, -0.15) is 0 Å². The molecule has 4 nitrogen and oxygen atoms in total. The lowest BCUT2D eigenvalue weighted by Gasteiger charge is -2.36. The fraction of sp³-hybridized carbons (Fsp3) is 0.429. The summed E-state index contributed by atoms with van der Waals surface area (Å²) >= 11 is 0. The van der Waals surface area contributed by atoms with Crippen LogP contribution in [0.25, 0.3) is 0 Å². The predicted molar refractivity (Wildman–Crippen MR) is 103 cm³/mol. The second kappa shape index (κ2) is 8.37. The number of aliphatic hydroxyl groups is 1. The summed E-state index contributed by atoms with van der Waals surface area (Å²) in [7, 11) is 0. The number of nitrogens with zero attached hydrogens (tertiary/aromatic N) is 2. The molecule has 1 N–H and O–H groups in total. The van der Waals surface area contributed by atoms with E-state index in [9.17, 15) is 5.11 Å².